The zero-order valence-electron chi connectivity index (χ0n) is 15.7. The van der Waals surface area contributed by atoms with Crippen LogP contribution in [0, 0.1) is 6.92 Å². The fraction of sp³-hybridized carbons (Fsp3) is 0.208. The molecule has 3 rings (SSSR count). The van der Waals surface area contributed by atoms with Crippen LogP contribution in [-0.2, 0) is 5.41 Å². The SMILES string of the molecule is Cc1cc(-c2ccccc2C(=O)c2ccccc2)c(O)c(C(C)(C)C)c1. The minimum Gasteiger partial charge on any atom is -0.507 e. The van der Waals surface area contributed by atoms with Crippen molar-refractivity contribution >= 4 is 5.78 Å². The van der Waals surface area contributed by atoms with Gasteiger partial charge in [0.1, 0.15) is 5.75 Å². The molecular weight excluding hydrogens is 320 g/mol. The highest BCUT2D eigenvalue weighted by molar-refractivity contribution is 6.13. The van der Waals surface area contributed by atoms with E-state index in [1.54, 1.807) is 0 Å². The van der Waals surface area contributed by atoms with Gasteiger partial charge in [0.15, 0.2) is 5.78 Å². The molecule has 0 unspecified atom stereocenters. The van der Waals surface area contributed by atoms with E-state index in [2.05, 4.69) is 20.8 Å². The molecule has 0 radical (unpaired) electrons. The van der Waals surface area contributed by atoms with Crippen molar-refractivity contribution in [3.63, 3.8) is 0 Å². The molecule has 0 spiro atoms. The molecule has 0 fully saturated rings. The summed E-state index contributed by atoms with van der Waals surface area (Å²) in [5.74, 6) is 0.204. The van der Waals surface area contributed by atoms with Gasteiger partial charge >= 0.3 is 0 Å². The topological polar surface area (TPSA) is 37.3 Å². The summed E-state index contributed by atoms with van der Waals surface area (Å²) < 4.78 is 0. The Hall–Kier alpha value is -2.87. The third-order valence-electron chi connectivity index (χ3n) is 4.56. The first-order valence-electron chi connectivity index (χ1n) is 8.82. The highest BCUT2D eigenvalue weighted by Gasteiger charge is 2.23. The minimum atomic E-state index is -0.191. The largest absolute Gasteiger partial charge is 0.507 e. The number of hydrogen-bond donors (Lipinski definition) is 1. The number of carbonyl (C=O) groups excluding carboxylic acids is 1. The minimum absolute atomic E-state index is 0.0422. The molecule has 0 saturated carbocycles. The predicted molar refractivity (Wildman–Crippen MR) is 107 cm³/mol. The van der Waals surface area contributed by atoms with E-state index in [9.17, 15) is 9.90 Å². The fourth-order valence-corrected chi connectivity index (χ4v) is 3.22. The first-order chi connectivity index (χ1) is 12.3. The van der Waals surface area contributed by atoms with Crippen LogP contribution in [0.1, 0.15) is 47.8 Å². The quantitative estimate of drug-likeness (QED) is 0.601. The number of rotatable bonds is 3. The van der Waals surface area contributed by atoms with Crippen LogP contribution in [0.15, 0.2) is 66.7 Å². The van der Waals surface area contributed by atoms with Gasteiger partial charge in [0.2, 0.25) is 0 Å². The lowest BCUT2D eigenvalue weighted by Crippen LogP contribution is -2.12. The molecular formula is C24H24O2. The van der Waals surface area contributed by atoms with Crippen LogP contribution in [0.5, 0.6) is 5.75 Å². The van der Waals surface area contributed by atoms with Crippen molar-refractivity contribution < 1.29 is 9.90 Å². The van der Waals surface area contributed by atoms with Gasteiger partial charge in [-0.1, -0.05) is 81.4 Å². The molecule has 0 aliphatic heterocycles. The van der Waals surface area contributed by atoms with Crippen molar-refractivity contribution in [2.75, 3.05) is 0 Å². The molecule has 0 aromatic heterocycles. The van der Waals surface area contributed by atoms with Crippen LogP contribution >= 0.6 is 0 Å². The second-order valence-electron chi connectivity index (χ2n) is 7.70. The highest BCUT2D eigenvalue weighted by atomic mass is 16.3. The van der Waals surface area contributed by atoms with E-state index in [0.717, 1.165) is 16.7 Å². The monoisotopic (exact) mass is 344 g/mol. The number of phenols is 1. The number of aryl methyl sites for hydroxylation is 1. The van der Waals surface area contributed by atoms with Gasteiger partial charge in [-0.3, -0.25) is 4.79 Å². The van der Waals surface area contributed by atoms with Gasteiger partial charge < -0.3 is 5.11 Å². The zero-order valence-corrected chi connectivity index (χ0v) is 15.7. The molecule has 3 aromatic rings. The summed E-state index contributed by atoms with van der Waals surface area (Å²) >= 11 is 0. The van der Waals surface area contributed by atoms with E-state index in [1.165, 1.54) is 0 Å². The van der Waals surface area contributed by atoms with E-state index in [1.807, 2.05) is 73.7 Å². The molecule has 2 heteroatoms. The summed E-state index contributed by atoms with van der Waals surface area (Å²) in [6.07, 6.45) is 0. The number of benzene rings is 3. The molecule has 26 heavy (non-hydrogen) atoms. The van der Waals surface area contributed by atoms with E-state index in [-0.39, 0.29) is 16.9 Å². The maximum absolute atomic E-state index is 13.0. The number of hydrogen-bond acceptors (Lipinski definition) is 2. The Bertz CT molecular complexity index is 948. The lowest BCUT2D eigenvalue weighted by Gasteiger charge is -2.23. The average molecular weight is 344 g/mol. The number of aromatic hydroxyl groups is 1. The molecule has 0 bridgehead atoms. The van der Waals surface area contributed by atoms with Crippen molar-refractivity contribution in [1.29, 1.82) is 0 Å². The number of carbonyl (C=O) groups is 1. The molecule has 2 nitrogen and oxygen atoms in total. The lowest BCUT2D eigenvalue weighted by molar-refractivity contribution is 0.103. The van der Waals surface area contributed by atoms with E-state index in [4.69, 9.17) is 0 Å². The smallest absolute Gasteiger partial charge is 0.193 e. The van der Waals surface area contributed by atoms with Gasteiger partial charge in [-0.05, 0) is 29.5 Å². The van der Waals surface area contributed by atoms with Crippen LogP contribution < -0.4 is 0 Å². The molecule has 0 aliphatic carbocycles. The Morgan fingerprint density at radius 1 is 0.846 bits per heavy atom. The fourth-order valence-electron chi connectivity index (χ4n) is 3.22. The average Bonchev–Trinajstić information content (AvgIpc) is 2.62. The molecule has 0 atom stereocenters. The Morgan fingerprint density at radius 2 is 1.46 bits per heavy atom. The maximum Gasteiger partial charge on any atom is 0.193 e. The molecule has 0 heterocycles. The predicted octanol–water partition coefficient (Wildman–Crippen LogP) is 5.90. The molecule has 0 aliphatic rings. The third kappa shape index (κ3) is 3.41. The van der Waals surface area contributed by atoms with Crippen LogP contribution in [0.2, 0.25) is 0 Å². The highest BCUT2D eigenvalue weighted by Crippen LogP contribution is 2.40. The van der Waals surface area contributed by atoms with E-state index in [0.29, 0.717) is 16.7 Å². The van der Waals surface area contributed by atoms with Gasteiger partial charge in [0.05, 0.1) is 0 Å². The Kier molecular flexibility index (Phi) is 4.69. The second-order valence-corrected chi connectivity index (χ2v) is 7.70. The standard InChI is InChI=1S/C24H24O2/c1-16-14-20(23(26)21(15-16)24(2,3)4)18-12-8-9-13-19(18)22(25)17-10-6-5-7-11-17/h5-15,26H,1-4H3. The Balaban J connectivity index is 2.21. The van der Waals surface area contributed by atoms with Crippen molar-refractivity contribution in [3.8, 4) is 16.9 Å². The summed E-state index contributed by atoms with van der Waals surface area (Å²) in [6.45, 7) is 8.24. The third-order valence-corrected chi connectivity index (χ3v) is 4.56. The summed E-state index contributed by atoms with van der Waals surface area (Å²) in [5, 5.41) is 11.0. The van der Waals surface area contributed by atoms with Gasteiger partial charge in [0.25, 0.3) is 0 Å². The van der Waals surface area contributed by atoms with E-state index < -0.39 is 0 Å². The summed E-state index contributed by atoms with van der Waals surface area (Å²) in [4.78, 5) is 13.0. The first-order valence-corrected chi connectivity index (χ1v) is 8.82. The van der Waals surface area contributed by atoms with Crippen molar-refractivity contribution in [3.05, 3.63) is 89.0 Å². The normalized spacial score (nSPS) is 11.4. The van der Waals surface area contributed by atoms with Crippen LogP contribution in [0.25, 0.3) is 11.1 Å². The van der Waals surface area contributed by atoms with Gasteiger partial charge in [0, 0.05) is 22.3 Å². The Morgan fingerprint density at radius 3 is 2.12 bits per heavy atom. The first kappa shape index (κ1) is 17.9. The number of ketones is 1. The van der Waals surface area contributed by atoms with Gasteiger partial charge in [-0.25, -0.2) is 0 Å². The molecule has 0 amide bonds. The van der Waals surface area contributed by atoms with Crippen molar-refractivity contribution in [2.24, 2.45) is 0 Å². The van der Waals surface area contributed by atoms with Gasteiger partial charge in [-0.15, -0.1) is 0 Å². The lowest BCUT2D eigenvalue weighted by atomic mass is 9.82. The summed E-state index contributed by atoms with van der Waals surface area (Å²) in [5.41, 5.74) is 4.45. The molecule has 3 aromatic carbocycles. The van der Waals surface area contributed by atoms with Crippen molar-refractivity contribution in [2.45, 2.75) is 33.1 Å². The van der Waals surface area contributed by atoms with Crippen LogP contribution in [-0.4, -0.2) is 10.9 Å². The number of phenolic OH excluding ortho intramolecular Hbond substituents is 1. The summed E-state index contributed by atoms with van der Waals surface area (Å²) in [7, 11) is 0. The Labute approximate surface area is 155 Å². The molecule has 0 saturated heterocycles. The maximum atomic E-state index is 13.0. The van der Waals surface area contributed by atoms with Crippen LogP contribution in [0.4, 0.5) is 0 Å². The zero-order chi connectivity index (χ0) is 18.9. The second kappa shape index (κ2) is 6.80. The molecule has 132 valence electrons. The van der Waals surface area contributed by atoms with Gasteiger partial charge in [-0.2, -0.15) is 0 Å². The van der Waals surface area contributed by atoms with Crippen LogP contribution in [0.3, 0.4) is 0 Å². The van der Waals surface area contributed by atoms with Crippen molar-refractivity contribution in [1.82, 2.24) is 0 Å². The molecule has 1 N–H and O–H groups in total. The summed E-state index contributed by atoms with van der Waals surface area (Å²) in [6, 6.07) is 20.7. The van der Waals surface area contributed by atoms with E-state index >= 15 is 0 Å².